The molecule has 3 aromatic carbocycles. The highest BCUT2D eigenvalue weighted by Crippen LogP contribution is 2.37. The first-order valence-electron chi connectivity index (χ1n) is 18.1. The standard InChI is InChI=1S/C33H33ClN6O4.C9H12/c1-35-30(41)15-38-32(43)28-19-39(31(42)12-23-14-37-29-13-25(34)6-7-26(23)29)16-24-17-40(18-27(24)28)33(44)22-4-2-20(3-5-22)21-8-10-36-11-9-21;1-2-6-9-7-4-3-5-8-9/h2-11,13-14,24,27-28,37H,12,15-19H2,1H3,(H,35,41)(H,38,43);3-5,7-8H,2,6H2,1H3. The number of amides is 4. The van der Waals surface area contributed by atoms with Gasteiger partial charge in [0, 0.05) is 73.3 Å². The number of likely N-dealkylation sites (N-methyl/N-ethyl adjacent to an activating group) is 1. The number of aryl methyl sites for hydroxylation is 1. The highest BCUT2D eigenvalue weighted by atomic mass is 35.5. The van der Waals surface area contributed by atoms with Gasteiger partial charge in [-0.3, -0.25) is 24.2 Å². The number of rotatable bonds is 9. The van der Waals surface area contributed by atoms with Crippen LogP contribution in [-0.2, 0) is 27.2 Å². The summed E-state index contributed by atoms with van der Waals surface area (Å²) in [5.41, 5.74) is 5.71. The zero-order valence-corrected chi connectivity index (χ0v) is 30.8. The summed E-state index contributed by atoms with van der Waals surface area (Å²) in [6.07, 6.45) is 7.89. The third-order valence-electron chi connectivity index (χ3n) is 10.2. The lowest BCUT2D eigenvalue weighted by molar-refractivity contribution is -0.139. The Labute approximate surface area is 314 Å². The maximum Gasteiger partial charge on any atom is 0.253 e. The number of H-pyrrole nitrogens is 1. The number of halogens is 1. The monoisotopic (exact) mass is 732 g/mol. The zero-order valence-electron chi connectivity index (χ0n) is 30.1. The van der Waals surface area contributed by atoms with Crippen LogP contribution >= 0.6 is 11.6 Å². The number of likely N-dealkylation sites (tertiary alicyclic amines) is 2. The fourth-order valence-corrected chi connectivity index (χ4v) is 7.53. The van der Waals surface area contributed by atoms with Crippen molar-refractivity contribution in [3.63, 3.8) is 0 Å². The SMILES string of the molecule is CCCc1ccccc1.CNC(=O)CNC(=O)C1CN(C(=O)Cc2c[nH]c3cc(Cl)ccc23)CC2CN(C(=O)c3ccc(-c4ccncc4)cc3)CC21. The Hall–Kier alpha value is -5.48. The van der Waals surface area contributed by atoms with Gasteiger partial charge in [0.05, 0.1) is 18.9 Å². The number of pyridine rings is 1. The number of aromatic amines is 1. The van der Waals surface area contributed by atoms with Crippen LogP contribution in [0.2, 0.25) is 5.02 Å². The number of carbonyl (C=O) groups excluding carboxylic acids is 4. The normalized spacial score (nSPS) is 17.8. The van der Waals surface area contributed by atoms with Crippen LogP contribution in [0, 0.1) is 17.8 Å². The van der Waals surface area contributed by atoms with E-state index in [1.807, 2.05) is 54.7 Å². The molecule has 2 aromatic heterocycles. The van der Waals surface area contributed by atoms with Gasteiger partial charge in [-0.2, -0.15) is 0 Å². The molecule has 4 heterocycles. The Morgan fingerprint density at radius 2 is 1.58 bits per heavy atom. The number of aromatic nitrogens is 2. The molecule has 0 aliphatic carbocycles. The third kappa shape index (κ3) is 9.13. The van der Waals surface area contributed by atoms with E-state index in [9.17, 15) is 19.2 Å². The van der Waals surface area contributed by atoms with Crippen LogP contribution < -0.4 is 10.6 Å². The summed E-state index contributed by atoms with van der Waals surface area (Å²) in [7, 11) is 1.51. The van der Waals surface area contributed by atoms with Crippen molar-refractivity contribution < 1.29 is 19.2 Å². The fourth-order valence-electron chi connectivity index (χ4n) is 7.35. The molecular formula is C42H45ClN6O4. The van der Waals surface area contributed by atoms with E-state index in [0.29, 0.717) is 30.2 Å². The number of benzene rings is 3. The quantitative estimate of drug-likeness (QED) is 0.177. The molecule has 0 bridgehead atoms. The summed E-state index contributed by atoms with van der Waals surface area (Å²) in [4.78, 5) is 63.3. The van der Waals surface area contributed by atoms with Crippen LogP contribution in [0.1, 0.15) is 34.8 Å². The molecule has 2 aliphatic rings. The minimum atomic E-state index is -0.559. The zero-order chi connectivity index (χ0) is 37.3. The average Bonchev–Trinajstić information content (AvgIpc) is 3.81. The van der Waals surface area contributed by atoms with E-state index in [-0.39, 0.29) is 55.0 Å². The predicted molar refractivity (Wildman–Crippen MR) is 207 cm³/mol. The van der Waals surface area contributed by atoms with Crippen molar-refractivity contribution in [3.05, 3.63) is 125 Å². The number of hydrogen-bond donors (Lipinski definition) is 3. The minimum absolute atomic E-state index is 0.0785. The van der Waals surface area contributed by atoms with E-state index in [1.165, 1.54) is 25.5 Å². The molecule has 274 valence electrons. The molecular weight excluding hydrogens is 688 g/mol. The van der Waals surface area contributed by atoms with E-state index >= 15 is 0 Å². The molecule has 3 atom stereocenters. The van der Waals surface area contributed by atoms with Crippen LogP contribution in [-0.4, -0.2) is 83.2 Å². The number of nitrogens with one attached hydrogen (secondary N) is 3. The average molecular weight is 733 g/mol. The first kappa shape index (κ1) is 37.3. The van der Waals surface area contributed by atoms with Crippen molar-refractivity contribution in [2.24, 2.45) is 17.8 Å². The van der Waals surface area contributed by atoms with Gasteiger partial charge >= 0.3 is 0 Å². The van der Waals surface area contributed by atoms with Crippen molar-refractivity contribution in [3.8, 4) is 11.1 Å². The molecule has 0 saturated carbocycles. The third-order valence-corrected chi connectivity index (χ3v) is 10.4. The predicted octanol–water partition coefficient (Wildman–Crippen LogP) is 5.77. The molecule has 3 unspecified atom stereocenters. The summed E-state index contributed by atoms with van der Waals surface area (Å²) < 4.78 is 0. The molecule has 2 fully saturated rings. The van der Waals surface area contributed by atoms with Gasteiger partial charge in [-0.15, -0.1) is 0 Å². The molecule has 53 heavy (non-hydrogen) atoms. The van der Waals surface area contributed by atoms with Crippen LogP contribution in [0.3, 0.4) is 0 Å². The number of nitrogens with zero attached hydrogens (tertiary/aromatic N) is 3. The summed E-state index contributed by atoms with van der Waals surface area (Å²) in [5.74, 6) is -1.59. The second kappa shape index (κ2) is 17.4. The summed E-state index contributed by atoms with van der Waals surface area (Å²) >= 11 is 6.12. The van der Waals surface area contributed by atoms with Crippen molar-refractivity contribution in [1.82, 2.24) is 30.4 Å². The topological polar surface area (TPSA) is 128 Å². The van der Waals surface area contributed by atoms with Gasteiger partial charge in [0.15, 0.2) is 0 Å². The molecule has 3 N–H and O–H groups in total. The van der Waals surface area contributed by atoms with E-state index in [0.717, 1.165) is 27.6 Å². The molecule has 4 amide bonds. The van der Waals surface area contributed by atoms with Crippen molar-refractivity contribution in [1.29, 1.82) is 0 Å². The first-order valence-corrected chi connectivity index (χ1v) is 18.5. The molecule has 11 heteroatoms. The molecule has 7 rings (SSSR count). The number of piperidine rings is 1. The smallest absolute Gasteiger partial charge is 0.253 e. The minimum Gasteiger partial charge on any atom is -0.361 e. The van der Waals surface area contributed by atoms with E-state index in [4.69, 9.17) is 11.6 Å². The molecule has 10 nitrogen and oxygen atoms in total. The lowest BCUT2D eigenvalue weighted by atomic mass is 9.79. The Kier molecular flexibility index (Phi) is 12.2. The van der Waals surface area contributed by atoms with Crippen LogP contribution in [0.25, 0.3) is 22.0 Å². The van der Waals surface area contributed by atoms with E-state index in [1.54, 1.807) is 28.3 Å². The largest absolute Gasteiger partial charge is 0.361 e. The summed E-state index contributed by atoms with van der Waals surface area (Å²) in [6.45, 7) is 3.55. The summed E-state index contributed by atoms with van der Waals surface area (Å²) in [6, 6.07) is 27.4. The van der Waals surface area contributed by atoms with Gasteiger partial charge in [0.25, 0.3) is 5.91 Å². The molecule has 2 aliphatic heterocycles. The number of fused-ring (bicyclic) bond motifs is 2. The van der Waals surface area contributed by atoms with Crippen LogP contribution in [0.4, 0.5) is 0 Å². The highest BCUT2D eigenvalue weighted by molar-refractivity contribution is 6.31. The lowest BCUT2D eigenvalue weighted by Gasteiger charge is -2.39. The van der Waals surface area contributed by atoms with Gasteiger partial charge in [-0.05, 0) is 76.9 Å². The highest BCUT2D eigenvalue weighted by Gasteiger charge is 2.47. The Morgan fingerprint density at radius 3 is 2.30 bits per heavy atom. The molecule has 5 aromatic rings. The maximum atomic E-state index is 13.6. The van der Waals surface area contributed by atoms with Gasteiger partial charge in [0.1, 0.15) is 0 Å². The fraction of sp³-hybridized carbons (Fsp3) is 0.310. The van der Waals surface area contributed by atoms with Gasteiger partial charge in [0.2, 0.25) is 17.7 Å². The Balaban J connectivity index is 0.000000468. The first-order chi connectivity index (χ1) is 25.7. The van der Waals surface area contributed by atoms with Gasteiger partial charge < -0.3 is 25.4 Å². The molecule has 0 spiro atoms. The van der Waals surface area contributed by atoms with Crippen LogP contribution in [0.15, 0.2) is 104 Å². The molecule has 2 saturated heterocycles. The second-order valence-corrected chi connectivity index (χ2v) is 14.1. The number of hydrogen-bond acceptors (Lipinski definition) is 5. The van der Waals surface area contributed by atoms with Crippen LogP contribution in [0.5, 0.6) is 0 Å². The van der Waals surface area contributed by atoms with E-state index in [2.05, 4.69) is 57.9 Å². The Morgan fingerprint density at radius 1 is 0.868 bits per heavy atom. The Bertz CT molecular complexity index is 2040. The lowest BCUT2D eigenvalue weighted by Crippen LogP contribution is -2.54. The number of carbonyl (C=O) groups is 4. The second-order valence-electron chi connectivity index (χ2n) is 13.7. The molecule has 0 radical (unpaired) electrons. The van der Waals surface area contributed by atoms with E-state index < -0.39 is 5.92 Å². The van der Waals surface area contributed by atoms with Crippen molar-refractivity contribution in [2.75, 3.05) is 39.8 Å². The van der Waals surface area contributed by atoms with Gasteiger partial charge in [-0.25, -0.2) is 0 Å². The summed E-state index contributed by atoms with van der Waals surface area (Å²) in [5, 5.41) is 6.77. The van der Waals surface area contributed by atoms with Gasteiger partial charge in [-0.1, -0.05) is 73.5 Å². The maximum absolute atomic E-state index is 13.6. The van der Waals surface area contributed by atoms with Crippen molar-refractivity contribution in [2.45, 2.75) is 26.2 Å². The van der Waals surface area contributed by atoms with Crippen molar-refractivity contribution >= 4 is 46.1 Å².